The lowest BCUT2D eigenvalue weighted by Crippen LogP contribution is -2.27. The van der Waals surface area contributed by atoms with Gasteiger partial charge in [0.2, 0.25) is 0 Å². The molecular weight excluding hydrogens is 346 g/mol. The number of carbonyl (C=O) groups excluding carboxylic acids is 2. The summed E-state index contributed by atoms with van der Waals surface area (Å²) in [4.78, 5) is 26.4. The van der Waals surface area contributed by atoms with Gasteiger partial charge in [-0.1, -0.05) is 29.8 Å². The highest BCUT2D eigenvalue weighted by Gasteiger charge is 2.36. The second kappa shape index (κ2) is 7.11. The zero-order valence-electron chi connectivity index (χ0n) is 12.9. The van der Waals surface area contributed by atoms with Crippen LogP contribution < -0.4 is 9.64 Å². The fourth-order valence-corrected chi connectivity index (χ4v) is 3.27. The number of benzene rings is 2. The summed E-state index contributed by atoms with van der Waals surface area (Å²) in [7, 11) is 0. The average molecular weight is 360 g/mol. The maximum Gasteiger partial charge on any atom is 0.298 e. The SMILES string of the molecule is CCOc1ccccc1/C=C1\SC(=O)N(c2ccc(Cl)cc2)C1=O. The van der Waals surface area contributed by atoms with E-state index in [9.17, 15) is 9.59 Å². The van der Waals surface area contributed by atoms with Gasteiger partial charge < -0.3 is 4.74 Å². The van der Waals surface area contributed by atoms with Crippen molar-refractivity contribution < 1.29 is 14.3 Å². The minimum Gasteiger partial charge on any atom is -0.493 e. The Bertz CT molecular complexity index is 817. The molecule has 2 aromatic rings. The number of amides is 2. The van der Waals surface area contributed by atoms with Gasteiger partial charge in [0, 0.05) is 10.6 Å². The standard InChI is InChI=1S/C18H14ClNO3S/c1-2-23-15-6-4-3-5-12(15)11-16-17(21)20(18(22)24-16)14-9-7-13(19)8-10-14/h3-11H,2H2,1H3/b16-11-. The molecule has 4 nitrogen and oxygen atoms in total. The maximum atomic E-state index is 12.6. The zero-order valence-corrected chi connectivity index (χ0v) is 14.4. The summed E-state index contributed by atoms with van der Waals surface area (Å²) < 4.78 is 5.56. The smallest absolute Gasteiger partial charge is 0.298 e. The second-order valence-electron chi connectivity index (χ2n) is 4.96. The molecule has 1 saturated heterocycles. The number of hydrogen-bond acceptors (Lipinski definition) is 4. The van der Waals surface area contributed by atoms with Crippen LogP contribution in [0.2, 0.25) is 5.02 Å². The molecule has 0 radical (unpaired) electrons. The summed E-state index contributed by atoms with van der Waals surface area (Å²) in [6, 6.07) is 14.0. The van der Waals surface area contributed by atoms with Gasteiger partial charge in [-0.05, 0) is 55.1 Å². The van der Waals surface area contributed by atoms with Gasteiger partial charge in [-0.25, -0.2) is 4.90 Å². The lowest BCUT2D eigenvalue weighted by Gasteiger charge is -2.12. The molecule has 1 aliphatic heterocycles. The van der Waals surface area contributed by atoms with Crippen molar-refractivity contribution in [1.82, 2.24) is 0 Å². The first-order chi connectivity index (χ1) is 11.6. The Morgan fingerprint density at radius 1 is 1.12 bits per heavy atom. The van der Waals surface area contributed by atoms with E-state index in [-0.39, 0.29) is 11.1 Å². The van der Waals surface area contributed by atoms with Crippen molar-refractivity contribution in [2.45, 2.75) is 6.92 Å². The maximum absolute atomic E-state index is 12.6. The summed E-state index contributed by atoms with van der Waals surface area (Å²) in [5.74, 6) is 0.330. The number of rotatable bonds is 4. The molecule has 0 saturated carbocycles. The van der Waals surface area contributed by atoms with E-state index in [2.05, 4.69) is 0 Å². The van der Waals surface area contributed by atoms with Crippen molar-refractivity contribution in [3.05, 3.63) is 64.0 Å². The molecule has 2 aromatic carbocycles. The zero-order chi connectivity index (χ0) is 17.1. The first-order valence-corrected chi connectivity index (χ1v) is 8.55. The highest BCUT2D eigenvalue weighted by molar-refractivity contribution is 8.19. The van der Waals surface area contributed by atoms with E-state index in [1.807, 2.05) is 31.2 Å². The summed E-state index contributed by atoms with van der Waals surface area (Å²) in [6.07, 6.45) is 1.69. The Morgan fingerprint density at radius 3 is 2.54 bits per heavy atom. The third-order valence-electron chi connectivity index (χ3n) is 3.38. The molecule has 0 atom stereocenters. The number of anilines is 1. The molecular formula is C18H14ClNO3S. The van der Waals surface area contributed by atoms with Gasteiger partial charge in [0.05, 0.1) is 17.2 Å². The van der Waals surface area contributed by atoms with Crippen molar-refractivity contribution in [2.24, 2.45) is 0 Å². The second-order valence-corrected chi connectivity index (χ2v) is 6.39. The minimum absolute atomic E-state index is 0.331. The largest absolute Gasteiger partial charge is 0.493 e. The Labute approximate surface area is 149 Å². The number of nitrogens with zero attached hydrogens (tertiary/aromatic N) is 1. The summed E-state index contributed by atoms with van der Waals surface area (Å²) in [6.45, 7) is 2.42. The van der Waals surface area contributed by atoms with Crippen LogP contribution in [0.1, 0.15) is 12.5 Å². The molecule has 0 spiro atoms. The summed E-state index contributed by atoms with van der Waals surface area (Å²) in [5, 5.41) is 0.217. The molecule has 2 amide bonds. The molecule has 0 N–H and O–H groups in total. The van der Waals surface area contributed by atoms with Crippen LogP contribution in [-0.4, -0.2) is 17.8 Å². The lowest BCUT2D eigenvalue weighted by atomic mass is 10.2. The van der Waals surface area contributed by atoms with Crippen LogP contribution in [0.5, 0.6) is 5.75 Å². The Balaban J connectivity index is 1.93. The van der Waals surface area contributed by atoms with Crippen LogP contribution >= 0.6 is 23.4 Å². The Kier molecular flexibility index (Phi) is 4.92. The third kappa shape index (κ3) is 3.32. The number of imide groups is 1. The number of ether oxygens (including phenoxy) is 1. The van der Waals surface area contributed by atoms with Crippen molar-refractivity contribution in [1.29, 1.82) is 0 Å². The van der Waals surface area contributed by atoms with Crippen LogP contribution in [0.3, 0.4) is 0 Å². The van der Waals surface area contributed by atoms with E-state index < -0.39 is 0 Å². The van der Waals surface area contributed by atoms with Crippen molar-refractivity contribution in [3.8, 4) is 5.75 Å². The van der Waals surface area contributed by atoms with E-state index in [0.29, 0.717) is 28.0 Å². The molecule has 1 fully saturated rings. The molecule has 0 aliphatic carbocycles. The topological polar surface area (TPSA) is 46.6 Å². The monoisotopic (exact) mass is 359 g/mol. The van der Waals surface area contributed by atoms with Gasteiger partial charge in [0.1, 0.15) is 5.75 Å². The first-order valence-electron chi connectivity index (χ1n) is 7.35. The average Bonchev–Trinajstić information content (AvgIpc) is 2.85. The van der Waals surface area contributed by atoms with Crippen LogP contribution in [0.25, 0.3) is 6.08 Å². The van der Waals surface area contributed by atoms with E-state index in [1.165, 1.54) is 0 Å². The predicted octanol–water partition coefficient (Wildman–Crippen LogP) is 4.98. The molecule has 24 heavy (non-hydrogen) atoms. The highest BCUT2D eigenvalue weighted by Crippen LogP contribution is 2.37. The van der Waals surface area contributed by atoms with E-state index >= 15 is 0 Å². The molecule has 6 heteroatoms. The quantitative estimate of drug-likeness (QED) is 0.722. The molecule has 1 heterocycles. The predicted molar refractivity (Wildman–Crippen MR) is 97.5 cm³/mol. The van der Waals surface area contributed by atoms with Gasteiger partial charge in [-0.2, -0.15) is 0 Å². The fraction of sp³-hybridized carbons (Fsp3) is 0.111. The number of carbonyl (C=O) groups is 2. The van der Waals surface area contributed by atoms with Gasteiger partial charge in [-0.3, -0.25) is 9.59 Å². The fourth-order valence-electron chi connectivity index (χ4n) is 2.31. The van der Waals surface area contributed by atoms with Crippen LogP contribution in [-0.2, 0) is 4.79 Å². The summed E-state index contributed by atoms with van der Waals surface area (Å²) >= 11 is 6.77. The van der Waals surface area contributed by atoms with Crippen LogP contribution in [0.4, 0.5) is 10.5 Å². The third-order valence-corrected chi connectivity index (χ3v) is 4.51. The molecule has 0 bridgehead atoms. The van der Waals surface area contributed by atoms with Crippen molar-refractivity contribution in [2.75, 3.05) is 11.5 Å². The van der Waals surface area contributed by atoms with Crippen molar-refractivity contribution in [3.63, 3.8) is 0 Å². The van der Waals surface area contributed by atoms with E-state index in [0.717, 1.165) is 22.2 Å². The molecule has 122 valence electrons. The molecule has 3 rings (SSSR count). The summed E-state index contributed by atoms with van der Waals surface area (Å²) in [5.41, 5.74) is 1.27. The number of halogens is 1. The van der Waals surface area contributed by atoms with Crippen LogP contribution in [0, 0.1) is 0 Å². The van der Waals surface area contributed by atoms with E-state index in [1.54, 1.807) is 30.3 Å². The van der Waals surface area contributed by atoms with Gasteiger partial charge >= 0.3 is 0 Å². The molecule has 1 aliphatic rings. The van der Waals surface area contributed by atoms with Gasteiger partial charge in [0.15, 0.2) is 0 Å². The highest BCUT2D eigenvalue weighted by atomic mass is 35.5. The molecule has 0 aromatic heterocycles. The Morgan fingerprint density at radius 2 is 1.83 bits per heavy atom. The molecule has 0 unspecified atom stereocenters. The number of thioether (sulfide) groups is 1. The number of hydrogen-bond donors (Lipinski definition) is 0. The number of para-hydroxylation sites is 1. The van der Waals surface area contributed by atoms with Gasteiger partial charge in [-0.15, -0.1) is 0 Å². The normalized spacial score (nSPS) is 16.1. The van der Waals surface area contributed by atoms with Crippen molar-refractivity contribution >= 4 is 46.3 Å². The minimum atomic E-state index is -0.348. The van der Waals surface area contributed by atoms with Crippen LogP contribution in [0.15, 0.2) is 53.4 Å². The lowest BCUT2D eigenvalue weighted by molar-refractivity contribution is -0.113. The van der Waals surface area contributed by atoms with Gasteiger partial charge in [0.25, 0.3) is 11.1 Å². The Hall–Kier alpha value is -2.24. The first kappa shape index (κ1) is 16.6. The van der Waals surface area contributed by atoms with E-state index in [4.69, 9.17) is 16.3 Å².